The van der Waals surface area contributed by atoms with Crippen molar-refractivity contribution in [2.24, 2.45) is 0 Å². The molecule has 1 saturated heterocycles. The summed E-state index contributed by atoms with van der Waals surface area (Å²) in [5.41, 5.74) is 1.16. The Balaban J connectivity index is 1.57. The number of carbonyl (C=O) groups excluding carboxylic acids is 3. The zero-order valence-electron chi connectivity index (χ0n) is 17.3. The zero-order valence-corrected chi connectivity index (χ0v) is 18.1. The van der Waals surface area contributed by atoms with Gasteiger partial charge in [-0.3, -0.25) is 9.59 Å². The number of rotatable bonds is 7. The molecule has 0 bridgehead atoms. The third-order valence-corrected chi connectivity index (χ3v) is 5.37. The van der Waals surface area contributed by atoms with Crippen molar-refractivity contribution >= 4 is 40.5 Å². The summed E-state index contributed by atoms with van der Waals surface area (Å²) in [6, 6.07) is 13.7. The van der Waals surface area contributed by atoms with E-state index < -0.39 is 30.1 Å². The minimum atomic E-state index is -1.09. The first kappa shape index (κ1) is 22.3. The molecule has 2 heterocycles. The quantitative estimate of drug-likeness (QED) is 0.455. The van der Waals surface area contributed by atoms with Crippen LogP contribution in [-0.4, -0.2) is 48.3 Å². The number of cyclic esters (lactones) is 1. The van der Waals surface area contributed by atoms with Crippen LogP contribution in [0.4, 0.5) is 4.79 Å². The normalized spacial score (nSPS) is 16.0. The zero-order chi connectivity index (χ0) is 23.4. The molecule has 1 aliphatic rings. The number of aromatic nitrogens is 1. The van der Waals surface area contributed by atoms with Gasteiger partial charge >= 0.3 is 12.1 Å². The second kappa shape index (κ2) is 9.74. The molecule has 0 radical (unpaired) electrons. The molecule has 4 rings (SSSR count). The Labute approximate surface area is 193 Å². The number of esters is 1. The Bertz CT molecular complexity index is 1260. The molecule has 2 amide bonds. The van der Waals surface area contributed by atoms with E-state index in [-0.39, 0.29) is 25.1 Å². The number of para-hydroxylation sites is 1. The second-order valence-electron chi connectivity index (χ2n) is 7.48. The Morgan fingerprint density at radius 3 is 2.64 bits per heavy atom. The van der Waals surface area contributed by atoms with Gasteiger partial charge in [-0.05, 0) is 35.9 Å². The minimum absolute atomic E-state index is 0.0191. The molecule has 3 N–H and O–H groups in total. The summed E-state index contributed by atoms with van der Waals surface area (Å²) in [5, 5.41) is 6.36. The van der Waals surface area contributed by atoms with E-state index in [1.54, 1.807) is 24.3 Å². The summed E-state index contributed by atoms with van der Waals surface area (Å²) in [6.07, 6.45) is -1.18. The van der Waals surface area contributed by atoms with E-state index in [0.29, 0.717) is 21.7 Å². The van der Waals surface area contributed by atoms with E-state index in [1.165, 1.54) is 18.2 Å². The predicted octanol–water partition coefficient (Wildman–Crippen LogP) is 2.17. The highest BCUT2D eigenvalue weighted by Gasteiger charge is 2.28. The molecule has 0 spiro atoms. The van der Waals surface area contributed by atoms with Crippen LogP contribution in [0.5, 0.6) is 0 Å². The van der Waals surface area contributed by atoms with E-state index in [1.807, 2.05) is 12.1 Å². The molecule has 2 unspecified atom stereocenters. The van der Waals surface area contributed by atoms with Gasteiger partial charge in [0.15, 0.2) is 6.10 Å². The van der Waals surface area contributed by atoms with Gasteiger partial charge < -0.3 is 25.1 Å². The van der Waals surface area contributed by atoms with Crippen molar-refractivity contribution in [1.29, 1.82) is 0 Å². The van der Waals surface area contributed by atoms with Crippen LogP contribution in [0.2, 0.25) is 5.02 Å². The predicted molar refractivity (Wildman–Crippen MR) is 120 cm³/mol. The molecule has 9 nitrogen and oxygen atoms in total. The molecular weight excluding hydrogens is 450 g/mol. The Morgan fingerprint density at radius 1 is 1.15 bits per heavy atom. The maximum absolute atomic E-state index is 12.9. The molecule has 33 heavy (non-hydrogen) atoms. The van der Waals surface area contributed by atoms with Crippen molar-refractivity contribution in [2.75, 3.05) is 13.2 Å². The molecule has 170 valence electrons. The number of H-pyrrole nitrogens is 1. The van der Waals surface area contributed by atoms with Crippen LogP contribution in [0.3, 0.4) is 0 Å². The van der Waals surface area contributed by atoms with E-state index in [2.05, 4.69) is 15.6 Å². The number of aromatic amines is 1. The van der Waals surface area contributed by atoms with Gasteiger partial charge in [0.05, 0.1) is 6.54 Å². The lowest BCUT2D eigenvalue weighted by molar-refractivity contribution is -0.148. The number of benzene rings is 2. The summed E-state index contributed by atoms with van der Waals surface area (Å²) in [7, 11) is 0. The van der Waals surface area contributed by atoms with Gasteiger partial charge in [0.1, 0.15) is 12.6 Å². The summed E-state index contributed by atoms with van der Waals surface area (Å²) in [4.78, 5) is 51.8. The lowest BCUT2D eigenvalue weighted by atomic mass is 10.0. The third-order valence-electron chi connectivity index (χ3n) is 5.12. The van der Waals surface area contributed by atoms with Crippen LogP contribution in [0.25, 0.3) is 10.9 Å². The average Bonchev–Trinajstić information content (AvgIpc) is 3.22. The summed E-state index contributed by atoms with van der Waals surface area (Å²) >= 11 is 5.88. The van der Waals surface area contributed by atoms with Crippen molar-refractivity contribution in [3.63, 3.8) is 0 Å². The lowest BCUT2D eigenvalue weighted by Gasteiger charge is -2.19. The van der Waals surface area contributed by atoms with Crippen LogP contribution in [-0.2, 0) is 20.7 Å². The fourth-order valence-electron chi connectivity index (χ4n) is 3.50. The van der Waals surface area contributed by atoms with Crippen LogP contribution in [0, 0.1) is 0 Å². The number of alkyl carbamates (subject to hydrolysis) is 1. The highest BCUT2D eigenvalue weighted by Crippen LogP contribution is 2.17. The van der Waals surface area contributed by atoms with Gasteiger partial charge in [0.25, 0.3) is 5.91 Å². The first-order valence-corrected chi connectivity index (χ1v) is 10.6. The second-order valence-corrected chi connectivity index (χ2v) is 7.92. The first-order valence-electron chi connectivity index (χ1n) is 10.2. The fourth-order valence-corrected chi connectivity index (χ4v) is 3.63. The van der Waals surface area contributed by atoms with Gasteiger partial charge in [0.2, 0.25) is 5.56 Å². The maximum atomic E-state index is 12.9. The van der Waals surface area contributed by atoms with Gasteiger partial charge in [-0.1, -0.05) is 29.8 Å². The first-order chi connectivity index (χ1) is 15.9. The van der Waals surface area contributed by atoms with Gasteiger partial charge in [-0.2, -0.15) is 0 Å². The number of fused-ring (bicyclic) bond motifs is 1. The largest absolute Gasteiger partial charge is 0.460 e. The minimum Gasteiger partial charge on any atom is -0.460 e. The highest BCUT2D eigenvalue weighted by molar-refractivity contribution is 6.30. The smallest absolute Gasteiger partial charge is 0.407 e. The number of nitrogens with one attached hydrogen (secondary N) is 3. The third kappa shape index (κ3) is 5.50. The molecule has 1 fully saturated rings. The number of carbonyl (C=O) groups is 3. The van der Waals surface area contributed by atoms with Crippen LogP contribution in [0.15, 0.2) is 59.4 Å². The molecule has 3 aromatic rings. The van der Waals surface area contributed by atoms with E-state index in [4.69, 9.17) is 21.1 Å². The monoisotopic (exact) mass is 469 g/mol. The number of hydrogen-bond acceptors (Lipinski definition) is 6. The maximum Gasteiger partial charge on any atom is 0.407 e. The van der Waals surface area contributed by atoms with Crippen LogP contribution >= 0.6 is 11.6 Å². The topological polar surface area (TPSA) is 127 Å². The van der Waals surface area contributed by atoms with Crippen LogP contribution in [0.1, 0.15) is 15.9 Å². The summed E-state index contributed by atoms with van der Waals surface area (Å²) < 4.78 is 10.3. The van der Waals surface area contributed by atoms with E-state index in [0.717, 1.165) is 5.39 Å². The Morgan fingerprint density at radius 2 is 1.91 bits per heavy atom. The van der Waals surface area contributed by atoms with Gasteiger partial charge in [-0.15, -0.1) is 0 Å². The number of hydrogen-bond donors (Lipinski definition) is 3. The lowest BCUT2D eigenvalue weighted by Crippen LogP contribution is -2.44. The van der Waals surface area contributed by atoms with E-state index >= 15 is 0 Å². The van der Waals surface area contributed by atoms with E-state index in [9.17, 15) is 19.2 Å². The molecule has 2 aromatic carbocycles. The fraction of sp³-hybridized carbons (Fsp3) is 0.217. The summed E-state index contributed by atoms with van der Waals surface area (Å²) in [5.74, 6) is -1.22. The van der Waals surface area contributed by atoms with Crippen molar-refractivity contribution in [3.8, 4) is 0 Å². The van der Waals surface area contributed by atoms with Gasteiger partial charge in [-0.25, -0.2) is 9.59 Å². The number of amides is 2. The molecule has 10 heteroatoms. The molecule has 1 aliphatic heterocycles. The molecule has 0 aliphatic carbocycles. The van der Waals surface area contributed by atoms with Gasteiger partial charge in [0, 0.05) is 34.0 Å². The Hall–Kier alpha value is -3.85. The highest BCUT2D eigenvalue weighted by atomic mass is 35.5. The number of halogens is 1. The molecule has 2 atom stereocenters. The SMILES string of the molecule is O=C1NCC(COC(=O)C(Cc2cc(=O)[nH]c3ccccc23)NC(=O)c2ccc(Cl)cc2)O1. The Kier molecular flexibility index (Phi) is 6.60. The van der Waals surface area contributed by atoms with Crippen molar-refractivity contribution in [2.45, 2.75) is 18.6 Å². The van der Waals surface area contributed by atoms with Crippen molar-refractivity contribution in [3.05, 3.63) is 81.1 Å². The summed E-state index contributed by atoms with van der Waals surface area (Å²) in [6.45, 7) is 0.0492. The number of pyridine rings is 1. The van der Waals surface area contributed by atoms with Crippen molar-refractivity contribution < 1.29 is 23.9 Å². The molecule has 1 aromatic heterocycles. The molecular formula is C23H20ClN3O6. The van der Waals surface area contributed by atoms with Crippen LogP contribution < -0.4 is 16.2 Å². The molecule has 0 saturated carbocycles. The standard InChI is InChI=1S/C23H20ClN3O6/c24-15-7-5-13(6-8-15)21(29)27-19(22(30)32-12-16-11-25-23(31)33-16)9-14-10-20(28)26-18-4-2-1-3-17(14)18/h1-8,10,16,19H,9,11-12H2,(H,25,31)(H,26,28)(H,27,29). The van der Waals surface area contributed by atoms with Crippen molar-refractivity contribution in [1.82, 2.24) is 15.6 Å². The average molecular weight is 470 g/mol. The number of ether oxygens (including phenoxy) is 2.